The standard InChI is InChI=1S/C20H26N2O4/c1-25-17-9-14-7-8-22-16(15(14)10-18(17)26-2)11-21(12-19(22)23)20(24)13-5-3-4-6-13/h9-10,13,16H,3-8,11-12H2,1-2H3. The van der Waals surface area contributed by atoms with Gasteiger partial charge in [-0.05, 0) is 42.5 Å². The Morgan fingerprint density at radius 3 is 2.50 bits per heavy atom. The van der Waals surface area contributed by atoms with Crippen molar-refractivity contribution in [2.75, 3.05) is 33.9 Å². The Kier molecular flexibility index (Phi) is 4.51. The number of hydrogen-bond donors (Lipinski definition) is 0. The topological polar surface area (TPSA) is 59.1 Å². The van der Waals surface area contributed by atoms with Gasteiger partial charge in [-0.15, -0.1) is 0 Å². The fourth-order valence-corrected chi connectivity index (χ4v) is 4.65. The molecule has 4 rings (SSSR count). The number of amides is 2. The van der Waals surface area contributed by atoms with Crippen LogP contribution in [0.4, 0.5) is 0 Å². The smallest absolute Gasteiger partial charge is 0.242 e. The number of nitrogens with zero attached hydrogens (tertiary/aromatic N) is 2. The lowest BCUT2D eigenvalue weighted by Crippen LogP contribution is -2.56. The lowest BCUT2D eigenvalue weighted by molar-refractivity contribution is -0.151. The normalized spacial score (nSPS) is 22.8. The number of methoxy groups -OCH3 is 2. The zero-order valence-corrected chi connectivity index (χ0v) is 15.5. The number of piperazine rings is 1. The Morgan fingerprint density at radius 2 is 1.81 bits per heavy atom. The summed E-state index contributed by atoms with van der Waals surface area (Å²) in [5.41, 5.74) is 2.25. The van der Waals surface area contributed by atoms with Gasteiger partial charge in [0.1, 0.15) is 0 Å². The van der Waals surface area contributed by atoms with Crippen molar-refractivity contribution in [3.63, 3.8) is 0 Å². The van der Waals surface area contributed by atoms with E-state index in [1.54, 1.807) is 19.1 Å². The van der Waals surface area contributed by atoms with Crippen LogP contribution < -0.4 is 9.47 Å². The Balaban J connectivity index is 1.64. The van der Waals surface area contributed by atoms with Crippen LogP contribution in [0.25, 0.3) is 0 Å². The first kappa shape index (κ1) is 17.2. The van der Waals surface area contributed by atoms with Crippen molar-refractivity contribution in [3.8, 4) is 11.5 Å². The van der Waals surface area contributed by atoms with Gasteiger partial charge in [0, 0.05) is 19.0 Å². The molecule has 0 aromatic heterocycles. The molecule has 140 valence electrons. The van der Waals surface area contributed by atoms with Crippen molar-refractivity contribution in [3.05, 3.63) is 23.3 Å². The molecule has 0 N–H and O–H groups in total. The molecule has 1 saturated carbocycles. The van der Waals surface area contributed by atoms with E-state index in [0.717, 1.165) is 37.7 Å². The summed E-state index contributed by atoms with van der Waals surface area (Å²) in [6.07, 6.45) is 4.95. The van der Waals surface area contributed by atoms with E-state index in [2.05, 4.69) is 0 Å². The van der Waals surface area contributed by atoms with Gasteiger partial charge in [0.2, 0.25) is 11.8 Å². The monoisotopic (exact) mass is 358 g/mol. The van der Waals surface area contributed by atoms with Gasteiger partial charge >= 0.3 is 0 Å². The van der Waals surface area contributed by atoms with Gasteiger partial charge in [-0.25, -0.2) is 0 Å². The van der Waals surface area contributed by atoms with Gasteiger partial charge in [-0.2, -0.15) is 0 Å². The molecule has 1 unspecified atom stereocenters. The van der Waals surface area contributed by atoms with Crippen molar-refractivity contribution in [2.24, 2.45) is 5.92 Å². The van der Waals surface area contributed by atoms with Crippen molar-refractivity contribution in [1.82, 2.24) is 9.80 Å². The first-order chi connectivity index (χ1) is 12.6. The second-order valence-corrected chi connectivity index (χ2v) is 7.46. The number of fused-ring (bicyclic) bond motifs is 3. The first-order valence-electron chi connectivity index (χ1n) is 9.45. The van der Waals surface area contributed by atoms with Gasteiger partial charge in [-0.3, -0.25) is 9.59 Å². The summed E-state index contributed by atoms with van der Waals surface area (Å²) < 4.78 is 10.9. The van der Waals surface area contributed by atoms with Crippen LogP contribution in [-0.4, -0.2) is 55.5 Å². The number of carbonyl (C=O) groups is 2. The number of ether oxygens (including phenoxy) is 2. The van der Waals surface area contributed by atoms with E-state index in [4.69, 9.17) is 9.47 Å². The molecule has 0 bridgehead atoms. The van der Waals surface area contributed by atoms with Crippen molar-refractivity contribution in [1.29, 1.82) is 0 Å². The maximum absolute atomic E-state index is 12.9. The van der Waals surface area contributed by atoms with E-state index in [-0.39, 0.29) is 30.3 Å². The molecule has 2 amide bonds. The lowest BCUT2D eigenvalue weighted by atomic mass is 9.89. The van der Waals surface area contributed by atoms with Gasteiger partial charge in [-0.1, -0.05) is 12.8 Å². The molecular formula is C20H26N2O4. The van der Waals surface area contributed by atoms with E-state index < -0.39 is 0 Å². The third-order valence-electron chi connectivity index (χ3n) is 6.06. The first-order valence-corrected chi connectivity index (χ1v) is 9.45. The van der Waals surface area contributed by atoms with Crippen LogP contribution in [0, 0.1) is 5.92 Å². The van der Waals surface area contributed by atoms with E-state index in [9.17, 15) is 9.59 Å². The third-order valence-corrected chi connectivity index (χ3v) is 6.06. The van der Waals surface area contributed by atoms with Crippen LogP contribution in [-0.2, 0) is 16.0 Å². The van der Waals surface area contributed by atoms with Crippen LogP contribution in [0.5, 0.6) is 11.5 Å². The zero-order chi connectivity index (χ0) is 18.3. The minimum Gasteiger partial charge on any atom is -0.493 e. The predicted molar refractivity (Wildman–Crippen MR) is 96.2 cm³/mol. The summed E-state index contributed by atoms with van der Waals surface area (Å²) in [6.45, 7) is 1.48. The van der Waals surface area contributed by atoms with E-state index >= 15 is 0 Å². The molecule has 1 aliphatic carbocycles. The molecular weight excluding hydrogens is 332 g/mol. The van der Waals surface area contributed by atoms with Crippen LogP contribution in [0.2, 0.25) is 0 Å². The molecule has 1 aromatic rings. The quantitative estimate of drug-likeness (QED) is 0.831. The maximum Gasteiger partial charge on any atom is 0.242 e. The number of benzene rings is 1. The Hall–Kier alpha value is -2.24. The van der Waals surface area contributed by atoms with Crippen LogP contribution >= 0.6 is 0 Å². The average Bonchev–Trinajstić information content (AvgIpc) is 3.20. The van der Waals surface area contributed by atoms with E-state index in [1.807, 2.05) is 17.0 Å². The number of rotatable bonds is 3. The van der Waals surface area contributed by atoms with Gasteiger partial charge in [0.15, 0.2) is 11.5 Å². The van der Waals surface area contributed by atoms with Crippen molar-refractivity contribution >= 4 is 11.8 Å². The number of carbonyl (C=O) groups excluding carboxylic acids is 2. The molecule has 6 heteroatoms. The summed E-state index contributed by atoms with van der Waals surface area (Å²) >= 11 is 0. The van der Waals surface area contributed by atoms with Crippen LogP contribution in [0.15, 0.2) is 12.1 Å². The van der Waals surface area contributed by atoms with E-state index in [1.165, 1.54) is 5.56 Å². The molecule has 1 saturated heterocycles. The highest BCUT2D eigenvalue weighted by atomic mass is 16.5. The molecule has 0 radical (unpaired) electrons. The van der Waals surface area contributed by atoms with Crippen molar-refractivity contribution < 1.29 is 19.1 Å². The molecule has 0 spiro atoms. The van der Waals surface area contributed by atoms with Crippen molar-refractivity contribution in [2.45, 2.75) is 38.1 Å². The second kappa shape index (κ2) is 6.82. The predicted octanol–water partition coefficient (Wildman–Crippen LogP) is 2.16. The van der Waals surface area contributed by atoms with Gasteiger partial charge in [0.25, 0.3) is 0 Å². The molecule has 1 atom stereocenters. The Bertz CT molecular complexity index is 727. The molecule has 2 aliphatic heterocycles. The molecule has 2 fully saturated rings. The molecule has 26 heavy (non-hydrogen) atoms. The molecule has 6 nitrogen and oxygen atoms in total. The fraction of sp³-hybridized carbons (Fsp3) is 0.600. The second-order valence-electron chi connectivity index (χ2n) is 7.46. The van der Waals surface area contributed by atoms with Gasteiger partial charge in [0.05, 0.1) is 26.8 Å². The maximum atomic E-state index is 12.9. The number of hydrogen-bond acceptors (Lipinski definition) is 4. The summed E-state index contributed by atoms with van der Waals surface area (Å²) in [7, 11) is 3.25. The molecule has 2 heterocycles. The largest absolute Gasteiger partial charge is 0.493 e. The Morgan fingerprint density at radius 1 is 1.12 bits per heavy atom. The minimum atomic E-state index is -0.0924. The lowest BCUT2D eigenvalue weighted by Gasteiger charge is -2.45. The molecule has 3 aliphatic rings. The average molecular weight is 358 g/mol. The molecule has 1 aromatic carbocycles. The highest BCUT2D eigenvalue weighted by molar-refractivity contribution is 5.88. The summed E-state index contributed by atoms with van der Waals surface area (Å²) in [4.78, 5) is 29.3. The van der Waals surface area contributed by atoms with Crippen LogP contribution in [0.1, 0.15) is 42.9 Å². The third kappa shape index (κ3) is 2.81. The fourth-order valence-electron chi connectivity index (χ4n) is 4.65. The summed E-state index contributed by atoms with van der Waals surface area (Å²) in [5, 5.41) is 0. The SMILES string of the molecule is COc1cc2c(cc1OC)C1CN(C(=O)C3CCCC3)CC(=O)N1CC2. The highest BCUT2D eigenvalue weighted by Gasteiger charge is 2.40. The Labute approximate surface area is 154 Å². The van der Waals surface area contributed by atoms with Crippen LogP contribution in [0.3, 0.4) is 0 Å². The minimum absolute atomic E-state index is 0.0491. The van der Waals surface area contributed by atoms with Gasteiger partial charge < -0.3 is 19.3 Å². The zero-order valence-electron chi connectivity index (χ0n) is 15.5. The summed E-state index contributed by atoms with van der Waals surface area (Å²) in [5.74, 6) is 1.68. The highest BCUT2D eigenvalue weighted by Crippen LogP contribution is 2.40. The van der Waals surface area contributed by atoms with E-state index in [0.29, 0.717) is 24.6 Å². The summed E-state index contributed by atoms with van der Waals surface area (Å²) in [6, 6.07) is 3.89.